The highest BCUT2D eigenvalue weighted by Crippen LogP contribution is 2.54. The van der Waals surface area contributed by atoms with Gasteiger partial charge in [-0.2, -0.15) is 11.8 Å². The van der Waals surface area contributed by atoms with Crippen LogP contribution in [0.5, 0.6) is 0 Å². The second-order valence-electron chi connectivity index (χ2n) is 8.67. The second kappa shape index (κ2) is 13.7. The van der Waals surface area contributed by atoms with Crippen molar-refractivity contribution in [2.24, 2.45) is 11.8 Å². The molecule has 180 valence electrons. The normalized spacial score (nSPS) is 23.6. The fourth-order valence-electron chi connectivity index (χ4n) is 4.58. The van der Waals surface area contributed by atoms with Crippen LogP contribution >= 0.6 is 23.5 Å². The van der Waals surface area contributed by atoms with Crippen molar-refractivity contribution in [3.05, 3.63) is 48.0 Å². The van der Waals surface area contributed by atoms with Gasteiger partial charge in [0.2, 0.25) is 11.8 Å². The van der Waals surface area contributed by atoms with Crippen molar-refractivity contribution in [1.82, 2.24) is 10.6 Å². The van der Waals surface area contributed by atoms with Gasteiger partial charge in [-0.3, -0.25) is 14.4 Å². The first-order chi connectivity index (χ1) is 16.0. The van der Waals surface area contributed by atoms with Crippen LogP contribution in [0.2, 0.25) is 0 Å². The maximum absolute atomic E-state index is 12.3. The molecule has 2 amide bonds. The van der Waals surface area contributed by atoms with Crippen molar-refractivity contribution in [2.75, 3.05) is 18.8 Å². The number of carboxylic acids is 1. The van der Waals surface area contributed by atoms with Crippen LogP contribution in [0.15, 0.2) is 42.5 Å². The van der Waals surface area contributed by atoms with Gasteiger partial charge < -0.3 is 15.7 Å². The lowest BCUT2D eigenvalue weighted by Crippen LogP contribution is -2.42. The zero-order valence-electron chi connectivity index (χ0n) is 18.9. The standard InChI is InChI=1S/C25H34N2O4S2/c28-23(15-27-24(29)17-32-16-18-8-4-3-5-9-18)26-14-20-19(21-12-13-22(20)33-21)10-6-1-2-7-11-25(30)31/h1,3-6,8-9,19-22H,2,7,10-17H2,(H,26,28)(H,27,29)(H,30,31)/t19-,20+,21-,22+/m0/s1. The van der Waals surface area contributed by atoms with Crippen LogP contribution in [0.3, 0.4) is 0 Å². The van der Waals surface area contributed by atoms with E-state index in [-0.39, 0.29) is 24.8 Å². The molecule has 2 fully saturated rings. The predicted molar refractivity (Wildman–Crippen MR) is 135 cm³/mol. The third kappa shape index (κ3) is 8.74. The number of carboxylic acid groups (broad SMARTS) is 1. The number of fused-ring (bicyclic) bond motifs is 2. The molecule has 2 bridgehead atoms. The molecule has 6 nitrogen and oxygen atoms in total. The Hall–Kier alpha value is -1.93. The first kappa shape index (κ1) is 25.7. The van der Waals surface area contributed by atoms with E-state index in [1.54, 1.807) is 11.8 Å². The van der Waals surface area contributed by atoms with Gasteiger partial charge in [0.1, 0.15) is 0 Å². The van der Waals surface area contributed by atoms with Gasteiger partial charge >= 0.3 is 5.97 Å². The van der Waals surface area contributed by atoms with Crippen LogP contribution in [-0.4, -0.2) is 52.2 Å². The van der Waals surface area contributed by atoms with Crippen LogP contribution in [0.4, 0.5) is 0 Å². The lowest BCUT2D eigenvalue weighted by Gasteiger charge is -2.29. The number of rotatable bonds is 14. The minimum Gasteiger partial charge on any atom is -0.481 e. The Morgan fingerprint density at radius 3 is 2.55 bits per heavy atom. The summed E-state index contributed by atoms with van der Waals surface area (Å²) in [5, 5.41) is 15.7. The summed E-state index contributed by atoms with van der Waals surface area (Å²) in [6, 6.07) is 10.0. The summed E-state index contributed by atoms with van der Waals surface area (Å²) in [5.74, 6) is 1.13. The average Bonchev–Trinajstić information content (AvgIpc) is 3.41. The first-order valence-electron chi connectivity index (χ1n) is 11.7. The summed E-state index contributed by atoms with van der Waals surface area (Å²) in [5.41, 5.74) is 1.18. The van der Waals surface area contributed by atoms with Gasteiger partial charge in [-0.25, -0.2) is 0 Å². The van der Waals surface area contributed by atoms with Crippen molar-refractivity contribution in [2.45, 2.75) is 54.8 Å². The molecule has 1 aromatic rings. The maximum atomic E-state index is 12.3. The van der Waals surface area contributed by atoms with Crippen LogP contribution in [0.25, 0.3) is 0 Å². The van der Waals surface area contributed by atoms with Crippen molar-refractivity contribution in [3.8, 4) is 0 Å². The van der Waals surface area contributed by atoms with Crippen molar-refractivity contribution >= 4 is 41.3 Å². The SMILES string of the molecule is O=C(O)CCCC=CC[C@H]1[C@@H](CNC(=O)CNC(=O)CSCc2ccccc2)[C@H]2CC[C@@H]1S2. The number of allylic oxidation sites excluding steroid dienone is 2. The minimum absolute atomic E-state index is 0.0207. The van der Waals surface area contributed by atoms with E-state index >= 15 is 0 Å². The van der Waals surface area contributed by atoms with Gasteiger partial charge in [-0.15, -0.1) is 11.8 Å². The summed E-state index contributed by atoms with van der Waals surface area (Å²) < 4.78 is 0. The number of amides is 2. The van der Waals surface area contributed by atoms with Crippen molar-refractivity contribution in [1.29, 1.82) is 0 Å². The molecule has 0 aliphatic carbocycles. The number of hydrogen-bond acceptors (Lipinski definition) is 5. The first-order valence-corrected chi connectivity index (χ1v) is 13.8. The van der Waals surface area contributed by atoms with Gasteiger partial charge in [0.05, 0.1) is 12.3 Å². The van der Waals surface area contributed by atoms with Gasteiger partial charge in [-0.1, -0.05) is 42.5 Å². The van der Waals surface area contributed by atoms with E-state index in [4.69, 9.17) is 5.11 Å². The summed E-state index contributed by atoms with van der Waals surface area (Å²) >= 11 is 3.60. The third-order valence-electron chi connectivity index (χ3n) is 6.25. The van der Waals surface area contributed by atoms with E-state index in [1.807, 2.05) is 30.3 Å². The molecular weight excluding hydrogens is 456 g/mol. The summed E-state index contributed by atoms with van der Waals surface area (Å²) in [4.78, 5) is 34.9. The lowest BCUT2D eigenvalue weighted by molar-refractivity contribution is -0.137. The number of nitrogens with one attached hydrogen (secondary N) is 2. The van der Waals surface area contributed by atoms with Gasteiger partial charge in [0.15, 0.2) is 0 Å². The summed E-state index contributed by atoms with van der Waals surface area (Å²) in [7, 11) is 0. The number of benzene rings is 1. The lowest BCUT2D eigenvalue weighted by atomic mass is 9.77. The molecule has 33 heavy (non-hydrogen) atoms. The molecule has 0 radical (unpaired) electrons. The van der Waals surface area contributed by atoms with E-state index in [2.05, 4.69) is 34.5 Å². The zero-order chi connectivity index (χ0) is 23.5. The fourth-order valence-corrected chi connectivity index (χ4v) is 7.41. The molecule has 2 aliphatic heterocycles. The molecular formula is C25H34N2O4S2. The van der Waals surface area contributed by atoms with Crippen molar-refractivity contribution in [3.63, 3.8) is 0 Å². The average molecular weight is 491 g/mol. The third-order valence-corrected chi connectivity index (χ3v) is 9.13. The van der Waals surface area contributed by atoms with Crippen molar-refractivity contribution < 1.29 is 19.5 Å². The number of hydrogen-bond donors (Lipinski definition) is 3. The largest absolute Gasteiger partial charge is 0.481 e. The molecule has 1 aromatic carbocycles. The summed E-state index contributed by atoms with van der Waals surface area (Å²) in [6.07, 6.45) is 9.41. The number of thioether (sulfide) groups is 2. The highest BCUT2D eigenvalue weighted by molar-refractivity contribution is 8.01. The molecule has 8 heteroatoms. The van der Waals surface area contributed by atoms with E-state index in [0.29, 0.717) is 41.1 Å². The smallest absolute Gasteiger partial charge is 0.303 e. The Balaban J connectivity index is 1.32. The molecule has 0 aromatic heterocycles. The number of carbonyl (C=O) groups is 3. The Morgan fingerprint density at radius 1 is 1.03 bits per heavy atom. The molecule has 0 spiro atoms. The van der Waals surface area contributed by atoms with E-state index < -0.39 is 5.97 Å². The van der Waals surface area contributed by atoms with Gasteiger partial charge in [0, 0.05) is 29.2 Å². The van der Waals surface area contributed by atoms with Crippen LogP contribution in [0, 0.1) is 11.8 Å². The number of aliphatic carboxylic acids is 1. The molecule has 0 saturated carbocycles. The zero-order valence-corrected chi connectivity index (χ0v) is 20.5. The van der Waals surface area contributed by atoms with Crippen LogP contribution < -0.4 is 10.6 Å². The van der Waals surface area contributed by atoms with Gasteiger partial charge in [-0.05, 0) is 49.5 Å². The highest BCUT2D eigenvalue weighted by Gasteiger charge is 2.47. The molecule has 2 saturated heterocycles. The molecule has 0 unspecified atom stereocenters. The van der Waals surface area contributed by atoms with Gasteiger partial charge in [0.25, 0.3) is 0 Å². The van der Waals surface area contributed by atoms with E-state index in [9.17, 15) is 14.4 Å². The van der Waals surface area contributed by atoms with E-state index in [1.165, 1.54) is 18.4 Å². The topological polar surface area (TPSA) is 95.5 Å². The summed E-state index contributed by atoms with van der Waals surface area (Å²) in [6.45, 7) is 0.677. The molecule has 2 aliphatic rings. The Morgan fingerprint density at radius 2 is 1.79 bits per heavy atom. The van der Waals surface area contributed by atoms with Crippen LogP contribution in [-0.2, 0) is 20.1 Å². The fraction of sp³-hybridized carbons (Fsp3) is 0.560. The number of unbranched alkanes of at least 4 members (excludes halogenated alkanes) is 1. The Labute approximate surface area is 204 Å². The molecule has 2 heterocycles. The Bertz CT molecular complexity index is 818. The second-order valence-corrected chi connectivity index (χ2v) is 11.1. The molecule has 3 N–H and O–H groups in total. The maximum Gasteiger partial charge on any atom is 0.303 e. The molecule has 4 atom stereocenters. The van der Waals surface area contributed by atoms with Crippen LogP contribution in [0.1, 0.15) is 44.1 Å². The quantitative estimate of drug-likeness (QED) is 0.271. The van der Waals surface area contributed by atoms with E-state index in [0.717, 1.165) is 18.6 Å². The highest BCUT2D eigenvalue weighted by atomic mass is 32.2. The molecule has 3 rings (SSSR count). The monoisotopic (exact) mass is 490 g/mol. The predicted octanol–water partition coefficient (Wildman–Crippen LogP) is 3.86. The minimum atomic E-state index is -0.745. The number of carbonyl (C=O) groups excluding carboxylic acids is 2. The Kier molecular flexibility index (Phi) is 10.7.